The molecule has 0 unspecified atom stereocenters. The molecule has 0 N–H and O–H groups in total. The summed E-state index contributed by atoms with van der Waals surface area (Å²) < 4.78 is 0. The van der Waals surface area contributed by atoms with Crippen molar-refractivity contribution < 1.29 is 0 Å². The molecule has 0 spiro atoms. The maximum atomic E-state index is 5.80. The molecule has 1 aromatic carbocycles. The zero-order valence-electron chi connectivity index (χ0n) is 9.45. The van der Waals surface area contributed by atoms with Gasteiger partial charge in [-0.2, -0.15) is 0 Å². The SMILES string of the molecule is CCCCN(CCCl)Cc1ccccc1. The van der Waals surface area contributed by atoms with Crippen molar-refractivity contribution in [3.8, 4) is 0 Å². The highest BCUT2D eigenvalue weighted by atomic mass is 35.5. The first kappa shape index (κ1) is 12.5. The Morgan fingerprint density at radius 3 is 2.47 bits per heavy atom. The zero-order valence-corrected chi connectivity index (χ0v) is 10.2. The Labute approximate surface area is 98.0 Å². The van der Waals surface area contributed by atoms with Gasteiger partial charge in [0.05, 0.1) is 0 Å². The van der Waals surface area contributed by atoms with E-state index in [1.165, 1.54) is 18.4 Å². The van der Waals surface area contributed by atoms with Gasteiger partial charge in [-0.05, 0) is 18.5 Å². The minimum absolute atomic E-state index is 0.719. The number of hydrogen-bond acceptors (Lipinski definition) is 1. The van der Waals surface area contributed by atoms with E-state index in [4.69, 9.17) is 11.6 Å². The van der Waals surface area contributed by atoms with Gasteiger partial charge in [-0.1, -0.05) is 43.7 Å². The van der Waals surface area contributed by atoms with Crippen molar-refractivity contribution in [3.05, 3.63) is 35.9 Å². The van der Waals surface area contributed by atoms with Crippen LogP contribution in [0.5, 0.6) is 0 Å². The maximum Gasteiger partial charge on any atom is 0.0351 e. The minimum Gasteiger partial charge on any atom is -0.298 e. The van der Waals surface area contributed by atoms with Crippen molar-refractivity contribution in [3.63, 3.8) is 0 Å². The number of hydrogen-bond donors (Lipinski definition) is 0. The smallest absolute Gasteiger partial charge is 0.0351 e. The molecular formula is C13H20ClN. The summed E-state index contributed by atoms with van der Waals surface area (Å²) in [4.78, 5) is 2.42. The fourth-order valence-electron chi connectivity index (χ4n) is 1.61. The molecule has 0 radical (unpaired) electrons. The van der Waals surface area contributed by atoms with Gasteiger partial charge in [-0.3, -0.25) is 4.90 Å². The molecule has 0 heterocycles. The van der Waals surface area contributed by atoms with E-state index in [1.807, 2.05) is 0 Å². The average molecular weight is 226 g/mol. The van der Waals surface area contributed by atoms with Gasteiger partial charge >= 0.3 is 0 Å². The highest BCUT2D eigenvalue weighted by molar-refractivity contribution is 6.18. The molecule has 0 atom stereocenters. The lowest BCUT2D eigenvalue weighted by molar-refractivity contribution is 0.277. The van der Waals surface area contributed by atoms with Crippen molar-refractivity contribution in [1.29, 1.82) is 0 Å². The quantitative estimate of drug-likeness (QED) is 0.642. The van der Waals surface area contributed by atoms with Crippen LogP contribution < -0.4 is 0 Å². The van der Waals surface area contributed by atoms with E-state index in [9.17, 15) is 0 Å². The Kier molecular flexibility index (Phi) is 6.45. The van der Waals surface area contributed by atoms with Crippen LogP contribution in [0, 0.1) is 0 Å². The van der Waals surface area contributed by atoms with E-state index < -0.39 is 0 Å². The lowest BCUT2D eigenvalue weighted by atomic mass is 10.2. The average Bonchev–Trinajstić information content (AvgIpc) is 2.28. The molecule has 0 saturated carbocycles. The van der Waals surface area contributed by atoms with Crippen molar-refractivity contribution in [2.45, 2.75) is 26.3 Å². The second-order valence-electron chi connectivity index (χ2n) is 3.80. The van der Waals surface area contributed by atoms with Crippen LogP contribution in [0.25, 0.3) is 0 Å². The van der Waals surface area contributed by atoms with Crippen molar-refractivity contribution >= 4 is 11.6 Å². The first-order valence-electron chi connectivity index (χ1n) is 5.69. The van der Waals surface area contributed by atoms with Gasteiger partial charge in [0.2, 0.25) is 0 Å². The number of rotatable bonds is 7. The minimum atomic E-state index is 0.719. The van der Waals surface area contributed by atoms with Crippen LogP contribution in [-0.4, -0.2) is 23.9 Å². The number of alkyl halides is 1. The van der Waals surface area contributed by atoms with Gasteiger partial charge in [0.25, 0.3) is 0 Å². The number of benzene rings is 1. The molecule has 0 saturated heterocycles. The summed E-state index contributed by atoms with van der Waals surface area (Å²) in [6.07, 6.45) is 2.50. The van der Waals surface area contributed by atoms with E-state index in [0.717, 1.165) is 25.5 Å². The summed E-state index contributed by atoms with van der Waals surface area (Å²) in [5.74, 6) is 0.719. The van der Waals surface area contributed by atoms with Gasteiger partial charge in [0, 0.05) is 19.0 Å². The molecule has 15 heavy (non-hydrogen) atoms. The van der Waals surface area contributed by atoms with E-state index in [-0.39, 0.29) is 0 Å². The van der Waals surface area contributed by atoms with Gasteiger partial charge < -0.3 is 0 Å². The third kappa shape index (κ3) is 5.19. The van der Waals surface area contributed by atoms with Crippen molar-refractivity contribution in [1.82, 2.24) is 4.90 Å². The third-order valence-electron chi connectivity index (χ3n) is 2.48. The van der Waals surface area contributed by atoms with Gasteiger partial charge in [-0.15, -0.1) is 11.6 Å². The number of unbranched alkanes of at least 4 members (excludes halogenated alkanes) is 1. The fourth-order valence-corrected chi connectivity index (χ4v) is 1.85. The van der Waals surface area contributed by atoms with Crippen LogP contribution in [0.15, 0.2) is 30.3 Å². The Morgan fingerprint density at radius 1 is 1.13 bits per heavy atom. The Bertz CT molecular complexity index is 248. The van der Waals surface area contributed by atoms with Gasteiger partial charge in [0.15, 0.2) is 0 Å². The molecule has 0 amide bonds. The standard InChI is InChI=1S/C13H20ClN/c1-2-3-10-15(11-9-14)12-13-7-5-4-6-8-13/h4-8H,2-3,9-12H2,1H3. The lowest BCUT2D eigenvalue weighted by Crippen LogP contribution is -2.26. The topological polar surface area (TPSA) is 3.24 Å². The second-order valence-corrected chi connectivity index (χ2v) is 4.18. The Hall–Kier alpha value is -0.530. The second kappa shape index (κ2) is 7.72. The van der Waals surface area contributed by atoms with Crippen molar-refractivity contribution in [2.24, 2.45) is 0 Å². The van der Waals surface area contributed by atoms with Gasteiger partial charge in [0.1, 0.15) is 0 Å². The summed E-state index contributed by atoms with van der Waals surface area (Å²) in [6.45, 7) is 5.38. The van der Waals surface area contributed by atoms with Gasteiger partial charge in [-0.25, -0.2) is 0 Å². The predicted molar refractivity (Wildman–Crippen MR) is 67.3 cm³/mol. The summed E-state index contributed by atoms with van der Waals surface area (Å²) >= 11 is 5.80. The van der Waals surface area contributed by atoms with Crippen LogP contribution in [0.1, 0.15) is 25.3 Å². The summed E-state index contributed by atoms with van der Waals surface area (Å²) in [5.41, 5.74) is 1.37. The lowest BCUT2D eigenvalue weighted by Gasteiger charge is -2.20. The third-order valence-corrected chi connectivity index (χ3v) is 2.65. The normalized spacial score (nSPS) is 10.9. The summed E-state index contributed by atoms with van der Waals surface area (Å²) in [6, 6.07) is 10.6. The van der Waals surface area contributed by atoms with E-state index >= 15 is 0 Å². The first-order valence-corrected chi connectivity index (χ1v) is 6.22. The van der Waals surface area contributed by atoms with Crippen LogP contribution >= 0.6 is 11.6 Å². The molecule has 0 aliphatic carbocycles. The molecule has 0 aromatic heterocycles. The van der Waals surface area contributed by atoms with Crippen LogP contribution in [0.2, 0.25) is 0 Å². The predicted octanol–water partition coefficient (Wildman–Crippen LogP) is 3.53. The van der Waals surface area contributed by atoms with Crippen LogP contribution in [-0.2, 0) is 6.54 Å². The number of halogens is 1. The summed E-state index contributed by atoms with van der Waals surface area (Å²) in [7, 11) is 0. The number of nitrogens with zero attached hydrogens (tertiary/aromatic N) is 1. The molecule has 0 bridgehead atoms. The Morgan fingerprint density at radius 2 is 1.87 bits per heavy atom. The highest BCUT2D eigenvalue weighted by Crippen LogP contribution is 2.05. The molecule has 0 fully saturated rings. The van der Waals surface area contributed by atoms with E-state index in [2.05, 4.69) is 42.2 Å². The molecule has 1 rings (SSSR count). The molecule has 2 heteroatoms. The Balaban J connectivity index is 2.43. The highest BCUT2D eigenvalue weighted by Gasteiger charge is 2.03. The van der Waals surface area contributed by atoms with E-state index in [1.54, 1.807) is 0 Å². The maximum absolute atomic E-state index is 5.80. The summed E-state index contributed by atoms with van der Waals surface area (Å²) in [5, 5.41) is 0. The molecular weight excluding hydrogens is 206 g/mol. The van der Waals surface area contributed by atoms with Crippen LogP contribution in [0.4, 0.5) is 0 Å². The molecule has 1 nitrogen and oxygen atoms in total. The zero-order chi connectivity index (χ0) is 10.9. The molecule has 0 aliphatic heterocycles. The molecule has 84 valence electrons. The molecule has 1 aromatic rings. The molecule has 0 aliphatic rings. The van der Waals surface area contributed by atoms with Crippen LogP contribution in [0.3, 0.4) is 0 Å². The first-order chi connectivity index (χ1) is 7.36. The monoisotopic (exact) mass is 225 g/mol. The largest absolute Gasteiger partial charge is 0.298 e. The van der Waals surface area contributed by atoms with Crippen molar-refractivity contribution in [2.75, 3.05) is 19.0 Å². The fraction of sp³-hybridized carbons (Fsp3) is 0.538. The van der Waals surface area contributed by atoms with E-state index in [0.29, 0.717) is 0 Å².